The highest BCUT2D eigenvalue weighted by Gasteiger charge is 2.17. The van der Waals surface area contributed by atoms with Gasteiger partial charge in [-0.05, 0) is 50.6 Å². The fourth-order valence-corrected chi connectivity index (χ4v) is 2.75. The standard InChI is InChI=1S/C17H24N2O3/c1-14(20)15-5-7-16(8-6-15)19-12-10-18(11-13-19)9-3-2-4-17(21)22/h5-8H,2-4,9-13H2,1H3,(H,21,22). The highest BCUT2D eigenvalue weighted by Crippen LogP contribution is 2.18. The Balaban J connectivity index is 1.74. The molecule has 2 rings (SSSR count). The number of piperazine rings is 1. The van der Waals surface area contributed by atoms with E-state index < -0.39 is 5.97 Å². The smallest absolute Gasteiger partial charge is 0.303 e. The number of carboxylic acids is 1. The van der Waals surface area contributed by atoms with Gasteiger partial charge < -0.3 is 10.0 Å². The van der Waals surface area contributed by atoms with Crippen LogP contribution in [0.15, 0.2) is 24.3 Å². The predicted octanol–water partition coefficient (Wildman–Crippen LogP) is 2.27. The SMILES string of the molecule is CC(=O)c1ccc(N2CCN(CCCCC(=O)O)CC2)cc1. The molecule has 5 heteroatoms. The molecule has 0 saturated carbocycles. The molecule has 1 aliphatic rings. The summed E-state index contributed by atoms with van der Waals surface area (Å²) in [6, 6.07) is 7.80. The zero-order chi connectivity index (χ0) is 15.9. The molecule has 0 amide bonds. The summed E-state index contributed by atoms with van der Waals surface area (Å²) in [5, 5.41) is 8.62. The first-order chi connectivity index (χ1) is 10.6. The second-order valence-corrected chi connectivity index (χ2v) is 5.78. The van der Waals surface area contributed by atoms with Crippen molar-refractivity contribution in [1.29, 1.82) is 0 Å². The summed E-state index contributed by atoms with van der Waals surface area (Å²) in [4.78, 5) is 26.5. The molecule has 0 atom stereocenters. The fraction of sp³-hybridized carbons (Fsp3) is 0.529. The molecule has 0 radical (unpaired) electrons. The maximum absolute atomic E-state index is 11.3. The summed E-state index contributed by atoms with van der Waals surface area (Å²) in [6.07, 6.45) is 1.96. The maximum Gasteiger partial charge on any atom is 0.303 e. The van der Waals surface area contributed by atoms with Gasteiger partial charge in [0.2, 0.25) is 0 Å². The van der Waals surface area contributed by atoms with Gasteiger partial charge in [-0.25, -0.2) is 0 Å². The van der Waals surface area contributed by atoms with E-state index in [0.717, 1.165) is 56.8 Å². The number of benzene rings is 1. The minimum atomic E-state index is -0.709. The number of hydrogen-bond donors (Lipinski definition) is 1. The Bertz CT molecular complexity index is 505. The Morgan fingerprint density at radius 1 is 1.05 bits per heavy atom. The first-order valence-corrected chi connectivity index (χ1v) is 7.86. The third kappa shape index (κ3) is 4.84. The number of hydrogen-bond acceptors (Lipinski definition) is 4. The van der Waals surface area contributed by atoms with Crippen molar-refractivity contribution in [2.75, 3.05) is 37.6 Å². The summed E-state index contributed by atoms with van der Waals surface area (Å²) in [6.45, 7) is 6.50. The van der Waals surface area contributed by atoms with Gasteiger partial charge in [0.05, 0.1) is 0 Å². The summed E-state index contributed by atoms with van der Waals surface area (Å²) >= 11 is 0. The van der Waals surface area contributed by atoms with Crippen molar-refractivity contribution in [2.45, 2.75) is 26.2 Å². The predicted molar refractivity (Wildman–Crippen MR) is 86.6 cm³/mol. The summed E-state index contributed by atoms with van der Waals surface area (Å²) in [7, 11) is 0. The van der Waals surface area contributed by atoms with Crippen molar-refractivity contribution in [3.05, 3.63) is 29.8 Å². The molecular formula is C17H24N2O3. The molecule has 0 aliphatic carbocycles. The van der Waals surface area contributed by atoms with Crippen LogP contribution in [-0.4, -0.2) is 54.5 Å². The van der Waals surface area contributed by atoms with Crippen molar-refractivity contribution in [2.24, 2.45) is 0 Å². The highest BCUT2D eigenvalue weighted by atomic mass is 16.4. The van der Waals surface area contributed by atoms with E-state index in [9.17, 15) is 9.59 Å². The summed E-state index contributed by atoms with van der Waals surface area (Å²) in [5.74, 6) is -0.614. The maximum atomic E-state index is 11.3. The quantitative estimate of drug-likeness (QED) is 0.618. The van der Waals surface area contributed by atoms with Crippen LogP contribution in [0.25, 0.3) is 0 Å². The molecule has 0 spiro atoms. The van der Waals surface area contributed by atoms with Crippen LogP contribution >= 0.6 is 0 Å². The van der Waals surface area contributed by atoms with Crippen molar-refractivity contribution < 1.29 is 14.7 Å². The van der Waals surface area contributed by atoms with Gasteiger partial charge in [-0.2, -0.15) is 0 Å². The normalized spacial score (nSPS) is 15.8. The van der Waals surface area contributed by atoms with Crippen LogP contribution in [0.5, 0.6) is 0 Å². The molecule has 0 bridgehead atoms. The lowest BCUT2D eigenvalue weighted by Crippen LogP contribution is -2.46. The number of carbonyl (C=O) groups is 2. The topological polar surface area (TPSA) is 60.9 Å². The number of anilines is 1. The third-order valence-corrected chi connectivity index (χ3v) is 4.13. The Labute approximate surface area is 131 Å². The number of nitrogens with zero attached hydrogens (tertiary/aromatic N) is 2. The number of aliphatic carboxylic acids is 1. The van der Waals surface area contributed by atoms with Gasteiger partial charge in [-0.3, -0.25) is 14.5 Å². The number of carbonyl (C=O) groups excluding carboxylic acids is 1. The zero-order valence-electron chi connectivity index (χ0n) is 13.1. The van der Waals surface area contributed by atoms with Crippen molar-refractivity contribution in [3.63, 3.8) is 0 Å². The summed E-state index contributed by atoms with van der Waals surface area (Å²) in [5.41, 5.74) is 1.91. The number of carboxylic acid groups (broad SMARTS) is 1. The second kappa shape index (κ2) is 7.94. The Hall–Kier alpha value is -1.88. The van der Waals surface area contributed by atoms with Crippen LogP contribution in [0.1, 0.15) is 36.5 Å². The molecule has 22 heavy (non-hydrogen) atoms. The highest BCUT2D eigenvalue weighted by molar-refractivity contribution is 5.94. The summed E-state index contributed by atoms with van der Waals surface area (Å²) < 4.78 is 0. The number of Topliss-reactive ketones (excluding diaryl/α,β-unsaturated/α-hetero) is 1. The molecule has 5 nitrogen and oxygen atoms in total. The first kappa shape index (κ1) is 16.5. The largest absolute Gasteiger partial charge is 0.481 e. The molecule has 1 fully saturated rings. The van der Waals surface area contributed by atoms with Crippen molar-refractivity contribution in [1.82, 2.24) is 4.90 Å². The van der Waals surface area contributed by atoms with E-state index in [2.05, 4.69) is 9.80 Å². The lowest BCUT2D eigenvalue weighted by molar-refractivity contribution is -0.137. The average molecular weight is 304 g/mol. The lowest BCUT2D eigenvalue weighted by atomic mass is 10.1. The third-order valence-electron chi connectivity index (χ3n) is 4.13. The van der Waals surface area contributed by atoms with Crippen LogP contribution in [0, 0.1) is 0 Å². The molecule has 0 aromatic heterocycles. The van der Waals surface area contributed by atoms with Gasteiger partial charge in [0.1, 0.15) is 0 Å². The zero-order valence-corrected chi connectivity index (χ0v) is 13.1. The Kier molecular flexibility index (Phi) is 5.95. The van der Waals surface area contributed by atoms with Crippen LogP contribution in [0.2, 0.25) is 0 Å². The van der Waals surface area contributed by atoms with Gasteiger partial charge >= 0.3 is 5.97 Å². The molecular weight excluding hydrogens is 280 g/mol. The minimum Gasteiger partial charge on any atom is -0.481 e. The number of unbranched alkanes of at least 4 members (excludes halogenated alkanes) is 1. The molecule has 120 valence electrons. The van der Waals surface area contributed by atoms with Crippen LogP contribution in [0.4, 0.5) is 5.69 Å². The molecule has 1 N–H and O–H groups in total. The fourth-order valence-electron chi connectivity index (χ4n) is 2.75. The lowest BCUT2D eigenvalue weighted by Gasteiger charge is -2.36. The van der Waals surface area contributed by atoms with Gasteiger partial charge in [-0.15, -0.1) is 0 Å². The minimum absolute atomic E-state index is 0.0951. The van der Waals surface area contributed by atoms with Crippen LogP contribution in [-0.2, 0) is 4.79 Å². The van der Waals surface area contributed by atoms with Gasteiger partial charge in [0.25, 0.3) is 0 Å². The molecule has 1 aromatic rings. The van der Waals surface area contributed by atoms with Crippen LogP contribution in [0.3, 0.4) is 0 Å². The van der Waals surface area contributed by atoms with Crippen molar-refractivity contribution in [3.8, 4) is 0 Å². The molecule has 1 aromatic carbocycles. The number of ketones is 1. The van der Waals surface area contributed by atoms with Crippen molar-refractivity contribution >= 4 is 17.4 Å². The second-order valence-electron chi connectivity index (χ2n) is 5.78. The van der Waals surface area contributed by atoms with E-state index in [1.54, 1.807) is 6.92 Å². The number of rotatable bonds is 7. The molecule has 1 aliphatic heterocycles. The monoisotopic (exact) mass is 304 g/mol. The van der Waals surface area contributed by atoms with Gasteiger partial charge in [-0.1, -0.05) is 0 Å². The van der Waals surface area contributed by atoms with E-state index in [0.29, 0.717) is 0 Å². The van der Waals surface area contributed by atoms with E-state index in [4.69, 9.17) is 5.11 Å². The first-order valence-electron chi connectivity index (χ1n) is 7.86. The average Bonchev–Trinajstić information content (AvgIpc) is 2.52. The Morgan fingerprint density at radius 2 is 1.68 bits per heavy atom. The van der Waals surface area contributed by atoms with Gasteiger partial charge in [0, 0.05) is 43.9 Å². The van der Waals surface area contributed by atoms with Gasteiger partial charge in [0.15, 0.2) is 5.78 Å². The van der Waals surface area contributed by atoms with E-state index in [-0.39, 0.29) is 12.2 Å². The van der Waals surface area contributed by atoms with E-state index in [1.165, 1.54) is 0 Å². The van der Waals surface area contributed by atoms with E-state index >= 15 is 0 Å². The molecule has 1 heterocycles. The van der Waals surface area contributed by atoms with E-state index in [1.807, 2.05) is 24.3 Å². The van der Waals surface area contributed by atoms with Crippen LogP contribution < -0.4 is 4.90 Å². The molecule has 1 saturated heterocycles. The molecule has 0 unspecified atom stereocenters. The Morgan fingerprint density at radius 3 is 2.23 bits per heavy atom.